The molecule has 0 bridgehead atoms. The van der Waals surface area contributed by atoms with Gasteiger partial charge in [-0.05, 0) is 42.0 Å². The first-order valence-corrected chi connectivity index (χ1v) is 10.4. The minimum absolute atomic E-state index is 0.0174. The molecule has 160 valence electrons. The van der Waals surface area contributed by atoms with Gasteiger partial charge in [-0.1, -0.05) is 40.2 Å². The first kappa shape index (κ1) is 22.3. The molecule has 3 rings (SSSR count). The average Bonchev–Trinajstić information content (AvgIpc) is 3.26. The SMILES string of the molecule is CC(=O)NC(CC(=O)Nc1ccccc1C(=O)NCc1ccco1)c1ccc(Br)cc1. The molecule has 31 heavy (non-hydrogen) atoms. The van der Waals surface area contributed by atoms with Crippen LogP contribution >= 0.6 is 15.9 Å². The van der Waals surface area contributed by atoms with E-state index < -0.39 is 6.04 Å². The van der Waals surface area contributed by atoms with Gasteiger partial charge < -0.3 is 20.4 Å². The number of rotatable bonds is 8. The molecule has 0 saturated carbocycles. The molecule has 3 N–H and O–H groups in total. The van der Waals surface area contributed by atoms with Gasteiger partial charge in [0.15, 0.2) is 0 Å². The van der Waals surface area contributed by atoms with E-state index in [0.717, 1.165) is 10.0 Å². The molecule has 0 radical (unpaired) electrons. The van der Waals surface area contributed by atoms with E-state index in [9.17, 15) is 14.4 Å². The number of nitrogens with one attached hydrogen (secondary N) is 3. The third-order valence-corrected chi connectivity index (χ3v) is 5.02. The molecule has 0 aliphatic rings. The predicted octanol–water partition coefficient (Wildman–Crippen LogP) is 4.18. The van der Waals surface area contributed by atoms with E-state index in [0.29, 0.717) is 17.0 Å². The highest BCUT2D eigenvalue weighted by Crippen LogP contribution is 2.22. The van der Waals surface area contributed by atoms with Crippen molar-refractivity contribution in [1.29, 1.82) is 0 Å². The summed E-state index contributed by atoms with van der Waals surface area (Å²) in [6.45, 7) is 1.64. The summed E-state index contributed by atoms with van der Waals surface area (Å²) in [5.41, 5.74) is 1.53. The number of anilines is 1. The minimum atomic E-state index is -0.495. The number of furan rings is 1. The van der Waals surface area contributed by atoms with Gasteiger partial charge in [0.05, 0.1) is 36.5 Å². The van der Waals surface area contributed by atoms with Gasteiger partial charge in [0.2, 0.25) is 11.8 Å². The van der Waals surface area contributed by atoms with Gasteiger partial charge in [0, 0.05) is 11.4 Å². The highest BCUT2D eigenvalue weighted by molar-refractivity contribution is 9.10. The molecule has 1 atom stereocenters. The fourth-order valence-electron chi connectivity index (χ4n) is 3.05. The normalized spacial score (nSPS) is 11.4. The van der Waals surface area contributed by atoms with Crippen LogP contribution in [-0.2, 0) is 16.1 Å². The third kappa shape index (κ3) is 6.55. The highest BCUT2D eigenvalue weighted by Gasteiger charge is 2.19. The fourth-order valence-corrected chi connectivity index (χ4v) is 3.31. The molecule has 1 aromatic heterocycles. The Labute approximate surface area is 188 Å². The Morgan fingerprint density at radius 1 is 1.00 bits per heavy atom. The Bertz CT molecular complexity index is 1050. The Balaban J connectivity index is 1.69. The number of amides is 3. The summed E-state index contributed by atoms with van der Waals surface area (Å²) in [6, 6.07) is 17.1. The molecule has 0 aliphatic carbocycles. The van der Waals surface area contributed by atoms with Crippen molar-refractivity contribution in [2.75, 3.05) is 5.32 Å². The molecule has 7 nitrogen and oxygen atoms in total. The van der Waals surface area contributed by atoms with Crippen LogP contribution in [0.25, 0.3) is 0 Å². The van der Waals surface area contributed by atoms with E-state index in [1.165, 1.54) is 13.2 Å². The lowest BCUT2D eigenvalue weighted by Gasteiger charge is -2.19. The number of carbonyl (C=O) groups excluding carboxylic acids is 3. The maximum Gasteiger partial charge on any atom is 0.253 e. The number of para-hydroxylation sites is 1. The van der Waals surface area contributed by atoms with Crippen LogP contribution in [0.5, 0.6) is 0 Å². The zero-order chi connectivity index (χ0) is 22.2. The van der Waals surface area contributed by atoms with Gasteiger partial charge in [-0.2, -0.15) is 0 Å². The standard InChI is InChI=1S/C23H22BrN3O4/c1-15(28)26-21(16-8-10-17(24)11-9-16)13-22(29)27-20-7-3-2-6-19(20)23(30)25-14-18-5-4-12-31-18/h2-12,21H,13-14H2,1H3,(H,25,30)(H,26,28)(H,27,29). The van der Waals surface area contributed by atoms with Gasteiger partial charge in [0.1, 0.15) is 5.76 Å². The molecule has 0 fully saturated rings. The fraction of sp³-hybridized carbons (Fsp3) is 0.174. The lowest BCUT2D eigenvalue weighted by molar-refractivity contribution is -0.120. The smallest absolute Gasteiger partial charge is 0.253 e. The number of halogens is 1. The van der Waals surface area contributed by atoms with Crippen LogP contribution in [0.3, 0.4) is 0 Å². The monoisotopic (exact) mass is 483 g/mol. The molecular formula is C23H22BrN3O4. The number of hydrogen-bond donors (Lipinski definition) is 3. The summed E-state index contributed by atoms with van der Waals surface area (Å²) < 4.78 is 6.12. The average molecular weight is 484 g/mol. The summed E-state index contributed by atoms with van der Waals surface area (Å²) in [6.07, 6.45) is 1.55. The molecule has 1 unspecified atom stereocenters. The molecule has 8 heteroatoms. The van der Waals surface area contributed by atoms with Crippen molar-refractivity contribution in [3.8, 4) is 0 Å². The maximum absolute atomic E-state index is 12.7. The third-order valence-electron chi connectivity index (χ3n) is 4.49. The topological polar surface area (TPSA) is 100 Å². The van der Waals surface area contributed by atoms with Crippen LogP contribution in [0.15, 0.2) is 75.8 Å². The number of benzene rings is 2. The van der Waals surface area contributed by atoms with Crippen LogP contribution in [0.2, 0.25) is 0 Å². The van der Waals surface area contributed by atoms with Gasteiger partial charge in [-0.3, -0.25) is 14.4 Å². The van der Waals surface area contributed by atoms with E-state index in [2.05, 4.69) is 31.9 Å². The zero-order valence-corrected chi connectivity index (χ0v) is 18.4. The van der Waals surface area contributed by atoms with Gasteiger partial charge >= 0.3 is 0 Å². The molecule has 1 heterocycles. The summed E-state index contributed by atoms with van der Waals surface area (Å²) in [5.74, 6) is -0.271. The Morgan fingerprint density at radius 2 is 1.74 bits per heavy atom. The second-order valence-electron chi connectivity index (χ2n) is 6.86. The minimum Gasteiger partial charge on any atom is -0.467 e. The van der Waals surface area contributed by atoms with Crippen molar-refractivity contribution in [1.82, 2.24) is 10.6 Å². The molecule has 3 amide bonds. The molecular weight excluding hydrogens is 462 g/mol. The van der Waals surface area contributed by atoms with Crippen LogP contribution in [0.1, 0.15) is 41.1 Å². The van der Waals surface area contributed by atoms with E-state index in [4.69, 9.17) is 4.42 Å². The second kappa shape index (κ2) is 10.6. The van der Waals surface area contributed by atoms with Gasteiger partial charge in [-0.15, -0.1) is 0 Å². The molecule has 0 spiro atoms. The Hall–Kier alpha value is -3.39. The van der Waals surface area contributed by atoms with E-state index in [1.807, 2.05) is 24.3 Å². The number of carbonyl (C=O) groups is 3. The molecule has 3 aromatic rings. The summed E-state index contributed by atoms with van der Waals surface area (Å²) in [4.78, 5) is 37.0. The largest absolute Gasteiger partial charge is 0.467 e. The first-order chi connectivity index (χ1) is 14.9. The molecule has 0 aliphatic heterocycles. The Kier molecular flexibility index (Phi) is 7.61. The lowest BCUT2D eigenvalue weighted by Crippen LogP contribution is -2.30. The quantitative estimate of drug-likeness (QED) is 0.447. The highest BCUT2D eigenvalue weighted by atomic mass is 79.9. The lowest BCUT2D eigenvalue weighted by atomic mass is 10.0. The zero-order valence-electron chi connectivity index (χ0n) is 16.9. The van der Waals surface area contributed by atoms with Gasteiger partial charge in [0.25, 0.3) is 5.91 Å². The summed E-state index contributed by atoms with van der Waals surface area (Å²) >= 11 is 3.38. The van der Waals surface area contributed by atoms with E-state index in [1.54, 1.807) is 36.4 Å². The van der Waals surface area contributed by atoms with Crippen LogP contribution < -0.4 is 16.0 Å². The van der Waals surface area contributed by atoms with Crippen LogP contribution in [-0.4, -0.2) is 17.7 Å². The van der Waals surface area contributed by atoms with Crippen molar-refractivity contribution in [3.63, 3.8) is 0 Å². The van der Waals surface area contributed by atoms with Crippen LogP contribution in [0, 0.1) is 0 Å². The first-order valence-electron chi connectivity index (χ1n) is 9.64. The molecule has 2 aromatic carbocycles. The number of hydrogen-bond acceptors (Lipinski definition) is 4. The Morgan fingerprint density at radius 3 is 2.42 bits per heavy atom. The van der Waals surface area contributed by atoms with Crippen molar-refractivity contribution >= 4 is 39.3 Å². The van der Waals surface area contributed by atoms with Crippen LogP contribution in [0.4, 0.5) is 5.69 Å². The second-order valence-corrected chi connectivity index (χ2v) is 7.78. The van der Waals surface area contributed by atoms with Crippen molar-refractivity contribution in [2.45, 2.75) is 25.9 Å². The van der Waals surface area contributed by atoms with Crippen molar-refractivity contribution in [3.05, 3.63) is 88.3 Å². The van der Waals surface area contributed by atoms with E-state index in [-0.39, 0.29) is 30.7 Å². The van der Waals surface area contributed by atoms with Crippen molar-refractivity contribution < 1.29 is 18.8 Å². The summed E-state index contributed by atoms with van der Waals surface area (Å²) in [5, 5.41) is 8.35. The predicted molar refractivity (Wildman–Crippen MR) is 120 cm³/mol. The molecule has 0 saturated heterocycles. The van der Waals surface area contributed by atoms with E-state index >= 15 is 0 Å². The van der Waals surface area contributed by atoms with Crippen molar-refractivity contribution in [2.24, 2.45) is 0 Å². The van der Waals surface area contributed by atoms with Gasteiger partial charge in [-0.25, -0.2) is 0 Å². The maximum atomic E-state index is 12.7. The summed E-state index contributed by atoms with van der Waals surface area (Å²) in [7, 11) is 0.